The van der Waals surface area contributed by atoms with Crippen molar-refractivity contribution in [2.45, 2.75) is 19.4 Å². The second kappa shape index (κ2) is 5.80. The minimum Gasteiger partial charge on any atom is -0.389 e. The highest BCUT2D eigenvalue weighted by Gasteiger charge is 2.22. The molecule has 0 spiro atoms. The largest absolute Gasteiger partial charge is 0.389 e. The molecule has 1 fully saturated rings. The Kier molecular flexibility index (Phi) is 4.99. The van der Waals surface area contributed by atoms with Crippen LogP contribution in [0.4, 0.5) is 0 Å². The second-order valence-electron chi connectivity index (χ2n) is 5.03. The van der Waals surface area contributed by atoms with Crippen LogP contribution in [0, 0.1) is 0 Å². The van der Waals surface area contributed by atoms with Crippen LogP contribution in [0.25, 0.3) is 0 Å². The first kappa shape index (κ1) is 12.9. The third kappa shape index (κ3) is 5.47. The van der Waals surface area contributed by atoms with E-state index in [2.05, 4.69) is 15.1 Å². The summed E-state index contributed by atoms with van der Waals surface area (Å²) in [5, 5.41) is 12.9. The summed E-state index contributed by atoms with van der Waals surface area (Å²) in [6.45, 7) is 11.1. The van der Waals surface area contributed by atoms with E-state index < -0.39 is 5.60 Å². The number of piperazine rings is 1. The molecule has 0 aliphatic carbocycles. The zero-order chi connectivity index (χ0) is 11.3. The van der Waals surface area contributed by atoms with Gasteiger partial charge in [-0.25, -0.2) is 0 Å². The molecule has 0 radical (unpaired) electrons. The molecule has 1 rings (SSSR count). The Hall–Kier alpha value is -0.160. The quantitative estimate of drug-likeness (QED) is 0.654. The first-order chi connectivity index (χ1) is 7.01. The van der Waals surface area contributed by atoms with E-state index in [1.165, 1.54) is 0 Å². The highest BCUT2D eigenvalue weighted by Crippen LogP contribution is 2.08. The van der Waals surface area contributed by atoms with Gasteiger partial charge in [0.25, 0.3) is 0 Å². The third-order valence-corrected chi connectivity index (χ3v) is 2.75. The zero-order valence-corrected chi connectivity index (χ0v) is 10.3. The molecular formula is C11H25N3O. The zero-order valence-electron chi connectivity index (χ0n) is 10.3. The van der Waals surface area contributed by atoms with Gasteiger partial charge < -0.3 is 10.4 Å². The van der Waals surface area contributed by atoms with Crippen LogP contribution in [0.1, 0.15) is 13.8 Å². The van der Waals surface area contributed by atoms with E-state index in [-0.39, 0.29) is 0 Å². The summed E-state index contributed by atoms with van der Waals surface area (Å²) in [4.78, 5) is 4.81. The maximum absolute atomic E-state index is 9.71. The summed E-state index contributed by atoms with van der Waals surface area (Å²) in [7, 11) is 1.99. The van der Waals surface area contributed by atoms with E-state index in [0.717, 1.165) is 45.8 Å². The molecule has 1 saturated heterocycles. The predicted octanol–water partition coefficient (Wildman–Crippen LogP) is -0.406. The van der Waals surface area contributed by atoms with Crippen LogP contribution in [0.15, 0.2) is 0 Å². The molecular weight excluding hydrogens is 190 g/mol. The van der Waals surface area contributed by atoms with Crippen molar-refractivity contribution in [3.05, 3.63) is 0 Å². The fourth-order valence-corrected chi connectivity index (χ4v) is 1.99. The number of hydrogen-bond donors (Lipinski definition) is 2. The molecule has 0 bridgehead atoms. The van der Waals surface area contributed by atoms with E-state index in [1.54, 1.807) is 0 Å². The van der Waals surface area contributed by atoms with Crippen molar-refractivity contribution >= 4 is 0 Å². The predicted molar refractivity (Wildman–Crippen MR) is 63.1 cm³/mol. The number of rotatable bonds is 5. The first-order valence-electron chi connectivity index (χ1n) is 5.83. The Balaban J connectivity index is 2.18. The number of β-amino-alcohol motifs (C(OH)–C–C–N with tert-alkyl or cyclic N) is 1. The third-order valence-electron chi connectivity index (χ3n) is 2.75. The van der Waals surface area contributed by atoms with Gasteiger partial charge in [0.15, 0.2) is 0 Å². The van der Waals surface area contributed by atoms with Crippen LogP contribution >= 0.6 is 0 Å². The maximum atomic E-state index is 9.71. The van der Waals surface area contributed by atoms with Gasteiger partial charge in [0.05, 0.1) is 5.60 Å². The van der Waals surface area contributed by atoms with Gasteiger partial charge in [0, 0.05) is 45.8 Å². The van der Waals surface area contributed by atoms with Gasteiger partial charge >= 0.3 is 0 Å². The van der Waals surface area contributed by atoms with Gasteiger partial charge in [-0.05, 0) is 20.9 Å². The van der Waals surface area contributed by atoms with Gasteiger partial charge in [-0.2, -0.15) is 0 Å². The first-order valence-corrected chi connectivity index (χ1v) is 5.83. The van der Waals surface area contributed by atoms with Crippen molar-refractivity contribution in [3.8, 4) is 0 Å². The standard InChI is InChI=1S/C11H25N3O/c1-11(2,15)10-14-8-6-13(7-9-14)5-4-12-3/h12,15H,4-10H2,1-3H3. The van der Waals surface area contributed by atoms with Gasteiger partial charge in [0.1, 0.15) is 0 Å². The monoisotopic (exact) mass is 215 g/mol. The Labute approximate surface area is 93.2 Å². The molecule has 0 saturated carbocycles. The molecule has 0 unspecified atom stereocenters. The van der Waals surface area contributed by atoms with Crippen molar-refractivity contribution < 1.29 is 5.11 Å². The highest BCUT2D eigenvalue weighted by atomic mass is 16.3. The molecule has 4 nitrogen and oxygen atoms in total. The molecule has 0 amide bonds. The lowest BCUT2D eigenvalue weighted by atomic mass is 10.1. The topological polar surface area (TPSA) is 38.7 Å². The lowest BCUT2D eigenvalue weighted by Crippen LogP contribution is -2.51. The summed E-state index contributed by atoms with van der Waals surface area (Å²) in [5.41, 5.74) is -0.562. The Morgan fingerprint density at radius 1 is 1.13 bits per heavy atom. The molecule has 0 aromatic heterocycles. The molecule has 0 aromatic carbocycles. The number of nitrogens with zero attached hydrogens (tertiary/aromatic N) is 2. The van der Waals surface area contributed by atoms with E-state index in [1.807, 2.05) is 20.9 Å². The van der Waals surface area contributed by atoms with Crippen molar-refractivity contribution in [1.29, 1.82) is 0 Å². The van der Waals surface area contributed by atoms with E-state index in [9.17, 15) is 5.11 Å². The molecule has 15 heavy (non-hydrogen) atoms. The minimum atomic E-state index is -0.562. The average molecular weight is 215 g/mol. The van der Waals surface area contributed by atoms with Gasteiger partial charge in [0.2, 0.25) is 0 Å². The Morgan fingerprint density at radius 3 is 2.13 bits per heavy atom. The lowest BCUT2D eigenvalue weighted by Gasteiger charge is -2.37. The lowest BCUT2D eigenvalue weighted by molar-refractivity contribution is 0.0180. The van der Waals surface area contributed by atoms with Crippen LogP contribution in [-0.4, -0.2) is 73.4 Å². The van der Waals surface area contributed by atoms with E-state index in [0.29, 0.717) is 0 Å². The smallest absolute Gasteiger partial charge is 0.0718 e. The van der Waals surface area contributed by atoms with Gasteiger partial charge in [-0.3, -0.25) is 9.80 Å². The summed E-state index contributed by atoms with van der Waals surface area (Å²) < 4.78 is 0. The molecule has 90 valence electrons. The molecule has 4 heteroatoms. The van der Waals surface area contributed by atoms with Crippen LogP contribution in [0.3, 0.4) is 0 Å². The summed E-state index contributed by atoms with van der Waals surface area (Å²) >= 11 is 0. The Morgan fingerprint density at radius 2 is 1.67 bits per heavy atom. The number of likely N-dealkylation sites (N-methyl/N-ethyl adjacent to an activating group) is 1. The summed E-state index contributed by atoms with van der Waals surface area (Å²) in [6, 6.07) is 0. The summed E-state index contributed by atoms with van der Waals surface area (Å²) in [6.07, 6.45) is 0. The van der Waals surface area contributed by atoms with Gasteiger partial charge in [-0.1, -0.05) is 0 Å². The molecule has 2 N–H and O–H groups in total. The molecule has 1 aliphatic heterocycles. The van der Waals surface area contributed by atoms with Gasteiger partial charge in [-0.15, -0.1) is 0 Å². The molecule has 1 aliphatic rings. The second-order valence-corrected chi connectivity index (χ2v) is 5.03. The average Bonchev–Trinajstić information content (AvgIpc) is 2.14. The summed E-state index contributed by atoms with van der Waals surface area (Å²) in [5.74, 6) is 0. The molecule has 0 aromatic rings. The van der Waals surface area contributed by atoms with Crippen molar-refractivity contribution in [3.63, 3.8) is 0 Å². The number of hydrogen-bond acceptors (Lipinski definition) is 4. The van der Waals surface area contributed by atoms with E-state index in [4.69, 9.17) is 0 Å². The molecule has 1 heterocycles. The fourth-order valence-electron chi connectivity index (χ4n) is 1.99. The van der Waals surface area contributed by atoms with E-state index >= 15 is 0 Å². The number of aliphatic hydroxyl groups is 1. The van der Waals surface area contributed by atoms with Crippen molar-refractivity contribution in [2.75, 3.05) is 52.9 Å². The van der Waals surface area contributed by atoms with Crippen LogP contribution in [-0.2, 0) is 0 Å². The van der Waals surface area contributed by atoms with Crippen molar-refractivity contribution in [2.24, 2.45) is 0 Å². The van der Waals surface area contributed by atoms with Crippen LogP contribution < -0.4 is 5.32 Å². The number of nitrogens with one attached hydrogen (secondary N) is 1. The fraction of sp³-hybridized carbons (Fsp3) is 1.00. The SMILES string of the molecule is CNCCN1CCN(CC(C)(C)O)CC1. The van der Waals surface area contributed by atoms with Crippen molar-refractivity contribution in [1.82, 2.24) is 15.1 Å². The minimum absolute atomic E-state index is 0.562. The Bertz CT molecular complexity index is 171. The molecule has 0 atom stereocenters. The van der Waals surface area contributed by atoms with Crippen LogP contribution in [0.2, 0.25) is 0 Å². The maximum Gasteiger partial charge on any atom is 0.0718 e. The normalized spacial score (nSPS) is 20.8. The van der Waals surface area contributed by atoms with Crippen LogP contribution in [0.5, 0.6) is 0 Å². The highest BCUT2D eigenvalue weighted by molar-refractivity contribution is 4.77.